The molecule has 160 valence electrons. The van der Waals surface area contributed by atoms with Crippen molar-refractivity contribution in [2.75, 3.05) is 62.0 Å². The lowest BCUT2D eigenvalue weighted by Crippen LogP contribution is -2.49. The number of aliphatic hydroxyl groups is 2. The van der Waals surface area contributed by atoms with Crippen LogP contribution in [0.3, 0.4) is 0 Å². The van der Waals surface area contributed by atoms with E-state index in [0.717, 1.165) is 11.0 Å². The lowest BCUT2D eigenvalue weighted by Gasteiger charge is -2.30. The molecule has 0 rings (SSSR count). The van der Waals surface area contributed by atoms with Crippen LogP contribution in [0.25, 0.3) is 0 Å². The molecular weight excluding hydrogens is 364 g/mol. The zero-order valence-electron chi connectivity index (χ0n) is 16.8. The second-order valence-electron chi connectivity index (χ2n) is 8.11. The van der Waals surface area contributed by atoms with Crippen molar-refractivity contribution in [1.29, 1.82) is 0 Å². The van der Waals surface area contributed by atoms with Crippen LogP contribution in [0.2, 0.25) is 0 Å². The second-order valence-corrected chi connectivity index (χ2v) is 8.11. The number of hydrogen-bond donors (Lipinski definition) is 5. The Kier molecular flexibility index (Phi) is 12.0. The molecule has 0 saturated heterocycles. The van der Waals surface area contributed by atoms with Crippen molar-refractivity contribution < 1.29 is 53.6 Å². The van der Waals surface area contributed by atoms with Crippen LogP contribution in [0.1, 0.15) is 6.42 Å². The maximum Gasteiger partial charge on any atom is 0.336 e. The van der Waals surface area contributed by atoms with E-state index in [0.29, 0.717) is 0 Å². The molecule has 11 heteroatoms. The molecule has 0 amide bonds. The largest absolute Gasteiger partial charge is 0.481 e. The molecule has 0 bridgehead atoms. The molecule has 5 N–H and O–H groups in total. The molecule has 0 saturated carbocycles. The van der Waals surface area contributed by atoms with Gasteiger partial charge in [-0.05, 0) is 0 Å². The quantitative estimate of drug-likeness (QED) is 0.251. The summed E-state index contributed by atoms with van der Waals surface area (Å²) in [5.41, 5.74) is 0. The molecule has 0 radical (unpaired) electrons. The van der Waals surface area contributed by atoms with Crippen molar-refractivity contribution in [2.45, 2.75) is 24.7 Å². The fraction of sp³-hybridized carbons (Fsp3) is 0.812. The minimum Gasteiger partial charge on any atom is -0.481 e. The molecule has 3 unspecified atom stereocenters. The predicted octanol–water partition coefficient (Wildman–Crippen LogP) is -1.86. The molecule has 0 spiro atoms. The highest BCUT2D eigenvalue weighted by Crippen LogP contribution is 2.11. The van der Waals surface area contributed by atoms with Gasteiger partial charge in [-0.3, -0.25) is 4.79 Å². The third kappa shape index (κ3) is 16.1. The van der Waals surface area contributed by atoms with Crippen LogP contribution < -0.4 is 0 Å². The van der Waals surface area contributed by atoms with E-state index >= 15 is 0 Å². The number of ether oxygens (including phenoxy) is 1. The summed E-state index contributed by atoms with van der Waals surface area (Å²) < 4.78 is 6.12. The van der Waals surface area contributed by atoms with Crippen LogP contribution in [0, 0.1) is 0 Å². The van der Waals surface area contributed by atoms with Gasteiger partial charge in [-0.25, -0.2) is 9.59 Å². The summed E-state index contributed by atoms with van der Waals surface area (Å²) in [6.07, 6.45) is -5.83. The average molecular weight is 398 g/mol. The molecule has 0 aliphatic heterocycles. The Morgan fingerprint density at radius 2 is 1.37 bits per heavy atom. The first-order chi connectivity index (χ1) is 12.0. The number of nitrogens with zero attached hydrogens (tertiary/aromatic N) is 2. The van der Waals surface area contributed by atoms with Crippen LogP contribution in [-0.2, 0) is 19.1 Å². The van der Waals surface area contributed by atoms with E-state index in [2.05, 4.69) is 21.1 Å². The van der Waals surface area contributed by atoms with Gasteiger partial charge in [-0.15, -0.1) is 0 Å². The molecular formula is C16H34N2O9+2. The van der Waals surface area contributed by atoms with Crippen LogP contribution in [0.4, 0.5) is 0 Å². The normalized spacial score (nSPS) is 15.1. The lowest BCUT2D eigenvalue weighted by molar-refractivity contribution is -0.873. The summed E-state index contributed by atoms with van der Waals surface area (Å²) in [5.74, 6) is -4.63. The third-order valence-electron chi connectivity index (χ3n) is 3.05. The number of carbonyl (C=O) groups is 3. The molecule has 0 aromatic rings. The van der Waals surface area contributed by atoms with Gasteiger partial charge in [0.2, 0.25) is 0 Å². The Bertz CT molecular complexity index is 483. The summed E-state index contributed by atoms with van der Waals surface area (Å²) in [4.78, 5) is 32.3. The van der Waals surface area contributed by atoms with Gasteiger partial charge in [-0.1, -0.05) is 0 Å². The number of carboxylic acids is 3. The van der Waals surface area contributed by atoms with Gasteiger partial charge in [0, 0.05) is 0 Å². The van der Waals surface area contributed by atoms with Crippen LogP contribution in [-0.4, -0.2) is 133 Å². The molecule has 0 aliphatic carbocycles. The van der Waals surface area contributed by atoms with Crippen LogP contribution >= 0.6 is 0 Å². The molecule has 0 aliphatic rings. The fourth-order valence-electron chi connectivity index (χ4n) is 1.87. The van der Waals surface area contributed by atoms with Crippen molar-refractivity contribution in [1.82, 2.24) is 0 Å². The Morgan fingerprint density at radius 3 is 1.59 bits per heavy atom. The molecule has 0 heterocycles. The van der Waals surface area contributed by atoms with Gasteiger partial charge in [0.25, 0.3) is 0 Å². The van der Waals surface area contributed by atoms with Gasteiger partial charge < -0.3 is 39.2 Å². The Labute approximate surface area is 159 Å². The smallest absolute Gasteiger partial charge is 0.336 e. The number of aliphatic carboxylic acids is 3. The zero-order valence-corrected chi connectivity index (χ0v) is 16.8. The second kappa shape index (κ2) is 11.8. The molecule has 0 aromatic heterocycles. The average Bonchev–Trinajstić information content (AvgIpc) is 2.40. The monoisotopic (exact) mass is 398 g/mol. The summed E-state index contributed by atoms with van der Waals surface area (Å²) >= 11 is 0. The number of likely N-dealkylation sites (N-methyl/N-ethyl adjacent to an activating group) is 2. The van der Waals surface area contributed by atoms with Crippen molar-refractivity contribution in [2.24, 2.45) is 0 Å². The highest BCUT2D eigenvalue weighted by atomic mass is 16.5. The van der Waals surface area contributed by atoms with E-state index in [1.54, 1.807) is 21.1 Å². The Morgan fingerprint density at radius 1 is 0.889 bits per heavy atom. The highest BCUT2D eigenvalue weighted by molar-refractivity contribution is 5.83. The van der Waals surface area contributed by atoms with Gasteiger partial charge in [0.1, 0.15) is 19.2 Å². The molecule has 3 atom stereocenters. The number of quaternary nitrogens is 2. The first kappa shape index (κ1) is 27.4. The predicted molar refractivity (Wildman–Crippen MR) is 95.1 cm³/mol. The standard InChI is InChI=1S/C11H19NO8.C5H14NO/c1-12(2,3)5-6(4-7(13)14)20-9(11(18)19)8(15)10(16)17;1-6(2,3)4-5-7/h6,8-9,15H,4-5H2,1-3H3,(H2-,13,14,16,17,18,19);7H,4-5H2,1-3H3/q;+1/p+1. The number of aliphatic hydroxyl groups excluding tert-OH is 2. The van der Waals surface area contributed by atoms with Gasteiger partial charge >= 0.3 is 17.9 Å². The van der Waals surface area contributed by atoms with Crippen molar-refractivity contribution >= 4 is 17.9 Å². The van der Waals surface area contributed by atoms with Crippen molar-refractivity contribution in [3.8, 4) is 0 Å². The highest BCUT2D eigenvalue weighted by Gasteiger charge is 2.37. The fourth-order valence-corrected chi connectivity index (χ4v) is 1.87. The topological polar surface area (TPSA) is 162 Å². The molecule has 27 heavy (non-hydrogen) atoms. The Hall–Kier alpha value is -1.79. The SMILES string of the molecule is C[N+](C)(C)CC(CC(=O)O)OC(C(=O)O)C(O)C(=O)O.C[N+](C)(C)CCO. The van der Waals surface area contributed by atoms with E-state index < -0.39 is 42.6 Å². The summed E-state index contributed by atoms with van der Waals surface area (Å²) in [6, 6.07) is 0. The zero-order chi connectivity index (χ0) is 22.0. The van der Waals surface area contributed by atoms with Gasteiger partial charge in [0.15, 0.2) is 12.2 Å². The minimum absolute atomic E-state index is 0.141. The number of hydrogen-bond acceptors (Lipinski definition) is 6. The third-order valence-corrected chi connectivity index (χ3v) is 3.05. The number of rotatable bonds is 11. The summed E-state index contributed by atoms with van der Waals surface area (Å²) in [7, 11) is 11.4. The summed E-state index contributed by atoms with van der Waals surface area (Å²) in [6.45, 7) is 1.26. The first-order valence-electron chi connectivity index (χ1n) is 8.23. The van der Waals surface area contributed by atoms with Crippen LogP contribution in [0.5, 0.6) is 0 Å². The van der Waals surface area contributed by atoms with E-state index in [4.69, 9.17) is 25.2 Å². The first-order valence-corrected chi connectivity index (χ1v) is 8.23. The number of carboxylic acid groups (broad SMARTS) is 3. The van der Waals surface area contributed by atoms with Crippen molar-refractivity contribution in [3.63, 3.8) is 0 Å². The van der Waals surface area contributed by atoms with E-state index in [1.807, 2.05) is 0 Å². The van der Waals surface area contributed by atoms with Gasteiger partial charge in [0.05, 0.1) is 55.3 Å². The maximum absolute atomic E-state index is 10.9. The van der Waals surface area contributed by atoms with Crippen molar-refractivity contribution in [3.05, 3.63) is 0 Å². The minimum atomic E-state index is -2.27. The van der Waals surface area contributed by atoms with Gasteiger partial charge in [-0.2, -0.15) is 0 Å². The van der Waals surface area contributed by atoms with E-state index in [9.17, 15) is 19.5 Å². The van der Waals surface area contributed by atoms with E-state index in [-0.39, 0.29) is 17.6 Å². The van der Waals surface area contributed by atoms with E-state index in [1.165, 1.54) is 0 Å². The molecule has 11 nitrogen and oxygen atoms in total. The maximum atomic E-state index is 10.9. The molecule has 0 aromatic carbocycles. The van der Waals surface area contributed by atoms with Crippen LogP contribution in [0.15, 0.2) is 0 Å². The Balaban J connectivity index is 0. The lowest BCUT2D eigenvalue weighted by atomic mass is 10.1. The molecule has 0 fully saturated rings. The summed E-state index contributed by atoms with van der Waals surface area (Å²) in [5, 5.41) is 43.9.